The smallest absolute Gasteiger partial charge is 0.460 e. The number of nitrogen functional groups attached to an aromatic ring is 1. The van der Waals surface area contributed by atoms with Gasteiger partial charge in [-0.3, -0.25) is 0 Å². The topological polar surface area (TPSA) is 43.8 Å². The van der Waals surface area contributed by atoms with Gasteiger partial charge in [0.1, 0.15) is 0 Å². The second kappa shape index (κ2) is 3.02. The monoisotopic (exact) mass is 294 g/mol. The first-order chi connectivity index (χ1) is 3.72. The number of hydrogen-bond acceptors (Lipinski definition) is 2. The molecule has 0 aromatic carbocycles. The molecule has 4 heteroatoms. The van der Waals surface area contributed by atoms with Crippen LogP contribution in [0, 0.1) is 13.1 Å². The van der Waals surface area contributed by atoms with Gasteiger partial charge in [-0.1, -0.05) is 6.92 Å². The van der Waals surface area contributed by atoms with Crippen molar-refractivity contribution in [1.82, 2.24) is 9.78 Å². The molecule has 0 bridgehead atoms. The molecule has 0 spiro atoms. The van der Waals surface area contributed by atoms with Gasteiger partial charge in [0.25, 0.3) is 0 Å². The maximum atomic E-state index is 5.47. The molecule has 0 aliphatic carbocycles. The zero-order valence-electron chi connectivity index (χ0n) is 5.38. The summed E-state index contributed by atoms with van der Waals surface area (Å²) in [5.41, 5.74) is 6.38. The summed E-state index contributed by atoms with van der Waals surface area (Å²) < 4.78 is 1.59. The van der Waals surface area contributed by atoms with E-state index in [4.69, 9.17) is 5.73 Å². The van der Waals surface area contributed by atoms with Crippen LogP contribution in [-0.2, 0) is 28.1 Å². The van der Waals surface area contributed by atoms with Crippen molar-refractivity contribution >= 4 is 5.82 Å². The van der Waals surface area contributed by atoms with Gasteiger partial charge in [0.05, 0.1) is 0 Å². The van der Waals surface area contributed by atoms with E-state index in [0.717, 1.165) is 5.56 Å². The number of nitrogens with two attached hydrogens (primary N) is 1. The summed E-state index contributed by atoms with van der Waals surface area (Å²) in [6, 6.07) is 0. The summed E-state index contributed by atoms with van der Waals surface area (Å²) in [5.74, 6) is 0.685. The van der Waals surface area contributed by atoms with Crippen LogP contribution in [0.3, 0.4) is 0 Å². The van der Waals surface area contributed by atoms with Gasteiger partial charge in [-0.15, -0.1) is 6.20 Å². The molecule has 0 aliphatic heterocycles. The molecule has 0 unspecified atom stereocenters. The largest absolute Gasteiger partial charge is 2.00 e. The Morgan fingerprint density at radius 3 is 2.33 bits per heavy atom. The van der Waals surface area contributed by atoms with Gasteiger partial charge >= 0.3 is 21.1 Å². The Morgan fingerprint density at radius 1 is 1.67 bits per heavy atom. The molecule has 0 saturated carbocycles. The summed E-state index contributed by atoms with van der Waals surface area (Å²) in [7, 11) is 1.79. The summed E-state index contributed by atoms with van der Waals surface area (Å²) >= 11 is 0. The van der Waals surface area contributed by atoms with Crippen molar-refractivity contribution in [2.75, 3.05) is 5.73 Å². The minimum atomic E-state index is 0. The fraction of sp³-hybridized carbons (Fsp3) is 0.400. The number of nitrogens with zero attached hydrogens (tertiary/aromatic N) is 2. The van der Waals surface area contributed by atoms with Gasteiger partial charge in [-0.25, -0.2) is 0 Å². The normalized spacial score (nSPS) is 8.67. The molecular formula is C5H8N3W+. The van der Waals surface area contributed by atoms with Gasteiger partial charge in [0.15, 0.2) is 0 Å². The standard InChI is InChI=1S/C5H8N3.W/c1-4-3-7-8(2)5(4)6;/h6H2,1-2H3;/q-1;+2. The second-order valence-electron chi connectivity index (χ2n) is 1.75. The molecule has 0 atom stereocenters. The van der Waals surface area contributed by atoms with Crippen LogP contribution in [0.5, 0.6) is 0 Å². The van der Waals surface area contributed by atoms with E-state index in [1.807, 2.05) is 6.92 Å². The molecule has 0 radical (unpaired) electrons. The zero-order valence-corrected chi connectivity index (χ0v) is 8.31. The van der Waals surface area contributed by atoms with Crippen molar-refractivity contribution in [3.05, 3.63) is 11.8 Å². The quantitative estimate of drug-likeness (QED) is 0.690. The summed E-state index contributed by atoms with van der Waals surface area (Å²) in [5, 5.41) is 3.78. The predicted octanol–water partition coefficient (Wildman–Crippen LogP) is 0.108. The van der Waals surface area contributed by atoms with Gasteiger partial charge in [0, 0.05) is 7.05 Å². The van der Waals surface area contributed by atoms with Crippen LogP contribution >= 0.6 is 0 Å². The maximum Gasteiger partial charge on any atom is 2.00 e. The summed E-state index contributed by atoms with van der Waals surface area (Å²) in [6.45, 7) is 1.88. The Balaban J connectivity index is 0.000000640. The molecule has 9 heavy (non-hydrogen) atoms. The minimum absolute atomic E-state index is 0. The van der Waals surface area contributed by atoms with E-state index < -0.39 is 0 Å². The number of anilines is 1. The van der Waals surface area contributed by atoms with Crippen molar-refractivity contribution in [3.8, 4) is 0 Å². The molecule has 1 heterocycles. The second-order valence-corrected chi connectivity index (χ2v) is 1.75. The average molecular weight is 294 g/mol. The van der Waals surface area contributed by atoms with E-state index in [-0.39, 0.29) is 21.1 Å². The van der Waals surface area contributed by atoms with Crippen molar-refractivity contribution in [1.29, 1.82) is 0 Å². The Bertz CT molecular complexity index is 175. The van der Waals surface area contributed by atoms with Crippen molar-refractivity contribution in [2.24, 2.45) is 7.05 Å². The third-order valence-corrected chi connectivity index (χ3v) is 1.10. The summed E-state index contributed by atoms with van der Waals surface area (Å²) in [4.78, 5) is 0. The fourth-order valence-electron chi connectivity index (χ4n) is 0.504. The molecule has 0 amide bonds. The van der Waals surface area contributed by atoms with E-state index in [1.165, 1.54) is 0 Å². The summed E-state index contributed by atoms with van der Waals surface area (Å²) in [6.07, 6.45) is 2.72. The Hall–Kier alpha value is -0.302. The van der Waals surface area contributed by atoms with Crippen LogP contribution in [0.25, 0.3) is 0 Å². The number of aromatic nitrogens is 2. The van der Waals surface area contributed by atoms with Crippen LogP contribution in [0.2, 0.25) is 0 Å². The third kappa shape index (κ3) is 1.55. The van der Waals surface area contributed by atoms with Crippen LogP contribution in [-0.4, -0.2) is 9.78 Å². The van der Waals surface area contributed by atoms with E-state index in [1.54, 1.807) is 11.7 Å². The molecular weight excluding hydrogens is 286 g/mol. The first kappa shape index (κ1) is 8.70. The van der Waals surface area contributed by atoms with Crippen LogP contribution in [0.4, 0.5) is 5.82 Å². The first-order valence-electron chi connectivity index (χ1n) is 2.38. The number of aryl methyl sites for hydroxylation is 2. The third-order valence-electron chi connectivity index (χ3n) is 1.10. The average Bonchev–Trinajstić information content (AvgIpc) is 1.98. The van der Waals surface area contributed by atoms with E-state index in [0.29, 0.717) is 5.82 Å². The van der Waals surface area contributed by atoms with E-state index in [2.05, 4.69) is 11.3 Å². The van der Waals surface area contributed by atoms with E-state index >= 15 is 0 Å². The van der Waals surface area contributed by atoms with Crippen LogP contribution in [0.15, 0.2) is 0 Å². The van der Waals surface area contributed by atoms with Crippen molar-refractivity contribution in [3.63, 3.8) is 0 Å². The maximum absolute atomic E-state index is 5.47. The zero-order chi connectivity index (χ0) is 6.15. The Kier molecular flexibility index (Phi) is 2.92. The first-order valence-corrected chi connectivity index (χ1v) is 2.38. The SMILES string of the molecule is Cc1[c-]nn(C)c1N.[W+2]. The van der Waals surface area contributed by atoms with Gasteiger partial charge < -0.3 is 15.5 Å². The molecule has 1 aromatic rings. The van der Waals surface area contributed by atoms with Crippen molar-refractivity contribution < 1.29 is 21.1 Å². The minimum Gasteiger partial charge on any atom is -0.460 e. The molecule has 3 nitrogen and oxygen atoms in total. The van der Waals surface area contributed by atoms with Crippen molar-refractivity contribution in [2.45, 2.75) is 6.92 Å². The number of rotatable bonds is 0. The van der Waals surface area contributed by atoms with E-state index in [9.17, 15) is 0 Å². The van der Waals surface area contributed by atoms with Gasteiger partial charge in [-0.2, -0.15) is 5.56 Å². The van der Waals surface area contributed by atoms with Gasteiger partial charge in [0.2, 0.25) is 0 Å². The Labute approximate surface area is 68.5 Å². The Morgan fingerprint density at radius 2 is 2.22 bits per heavy atom. The molecule has 1 aromatic heterocycles. The van der Waals surface area contributed by atoms with Crippen LogP contribution in [0.1, 0.15) is 5.56 Å². The molecule has 0 fully saturated rings. The fourth-order valence-corrected chi connectivity index (χ4v) is 0.504. The molecule has 0 saturated heterocycles. The number of hydrogen-bond donors (Lipinski definition) is 1. The van der Waals surface area contributed by atoms with Crippen LogP contribution < -0.4 is 5.73 Å². The molecule has 2 N–H and O–H groups in total. The van der Waals surface area contributed by atoms with Gasteiger partial charge in [-0.05, 0) is 5.82 Å². The predicted molar refractivity (Wildman–Crippen MR) is 31.2 cm³/mol. The molecule has 0 aliphatic rings. The molecule has 1 rings (SSSR count). The molecule has 48 valence electrons.